The summed E-state index contributed by atoms with van der Waals surface area (Å²) in [5.74, 6) is 0.669. The highest BCUT2D eigenvalue weighted by atomic mass is 32.2. The monoisotopic (exact) mass is 441 g/mol. The zero-order valence-electron chi connectivity index (χ0n) is 16.1. The summed E-state index contributed by atoms with van der Waals surface area (Å²) in [6.07, 6.45) is 3.74. The van der Waals surface area contributed by atoms with Gasteiger partial charge >= 0.3 is 0 Å². The highest BCUT2D eigenvalue weighted by molar-refractivity contribution is 7.89. The quantitative estimate of drug-likeness (QED) is 0.682. The fourth-order valence-electron chi connectivity index (χ4n) is 4.41. The lowest BCUT2D eigenvalue weighted by Gasteiger charge is -2.25. The number of nitrogens with zero attached hydrogens (tertiary/aromatic N) is 4. The molecule has 1 N–H and O–H groups in total. The van der Waals surface area contributed by atoms with E-state index in [0.29, 0.717) is 24.6 Å². The first kappa shape index (κ1) is 20.4. The molecule has 2 fully saturated rings. The van der Waals surface area contributed by atoms with Crippen LogP contribution in [0.1, 0.15) is 31.5 Å². The number of aryl methyl sites for hydroxylation is 1. The molecule has 0 bridgehead atoms. The zero-order chi connectivity index (χ0) is 20.9. The number of hydrogen-bond acceptors (Lipinski definition) is 8. The van der Waals surface area contributed by atoms with Crippen LogP contribution < -0.4 is 4.72 Å². The van der Waals surface area contributed by atoms with E-state index in [9.17, 15) is 16.8 Å². The summed E-state index contributed by atoms with van der Waals surface area (Å²) < 4.78 is 59.9. The number of rotatable bonds is 6. The summed E-state index contributed by atoms with van der Waals surface area (Å²) in [4.78, 5) is 8.41. The molecule has 12 heteroatoms. The van der Waals surface area contributed by atoms with Gasteiger partial charge < -0.3 is 4.52 Å². The molecule has 2 aliphatic rings. The van der Waals surface area contributed by atoms with Gasteiger partial charge in [-0.2, -0.15) is 9.29 Å². The van der Waals surface area contributed by atoms with Crippen molar-refractivity contribution in [2.45, 2.75) is 43.0 Å². The van der Waals surface area contributed by atoms with Gasteiger partial charge in [0.2, 0.25) is 25.9 Å². The Balaban J connectivity index is 1.67. The topological polar surface area (TPSA) is 135 Å². The third-order valence-electron chi connectivity index (χ3n) is 5.80. The second-order valence-corrected chi connectivity index (χ2v) is 11.6. The largest absolute Gasteiger partial charge is 0.339 e. The minimum atomic E-state index is -3.74. The van der Waals surface area contributed by atoms with Crippen LogP contribution in [0, 0.1) is 12.8 Å². The summed E-state index contributed by atoms with van der Waals surface area (Å²) in [5.41, 5.74) is -0.725. The summed E-state index contributed by atoms with van der Waals surface area (Å²) >= 11 is 0. The lowest BCUT2D eigenvalue weighted by molar-refractivity contribution is 0.259. The maximum absolute atomic E-state index is 13.1. The molecule has 1 aliphatic heterocycles. The van der Waals surface area contributed by atoms with Crippen LogP contribution in [0.2, 0.25) is 0 Å². The Hall–Kier alpha value is -1.89. The van der Waals surface area contributed by atoms with Crippen LogP contribution >= 0.6 is 0 Å². The minimum Gasteiger partial charge on any atom is -0.339 e. The lowest BCUT2D eigenvalue weighted by atomic mass is 9.80. The first-order valence-corrected chi connectivity index (χ1v) is 12.5. The summed E-state index contributed by atoms with van der Waals surface area (Å²) in [5, 5.41) is 3.87. The Labute approximate surface area is 169 Å². The van der Waals surface area contributed by atoms with E-state index in [1.807, 2.05) is 0 Å². The molecule has 1 saturated heterocycles. The molecule has 0 radical (unpaired) electrons. The molecule has 10 nitrogen and oxygen atoms in total. The van der Waals surface area contributed by atoms with E-state index >= 15 is 0 Å². The molecule has 0 aromatic carbocycles. The van der Waals surface area contributed by atoms with Gasteiger partial charge in [-0.3, -0.25) is 4.98 Å². The smallest absolute Gasteiger partial charge is 0.244 e. The number of fused-ring (bicyclic) bond motifs is 1. The van der Waals surface area contributed by atoms with Crippen LogP contribution in [-0.4, -0.2) is 61.1 Å². The van der Waals surface area contributed by atoms with Gasteiger partial charge in [0.05, 0.1) is 11.2 Å². The van der Waals surface area contributed by atoms with Crippen LogP contribution in [0.15, 0.2) is 33.9 Å². The molecule has 3 heterocycles. The number of aromatic nitrogens is 3. The molecule has 2 aromatic rings. The zero-order valence-corrected chi connectivity index (χ0v) is 17.8. The standard InChI is InChI=1S/C17H23N5O5S2/c1-3-28(23,24)21-14-7-13-10-22(29(25,26)15-5-4-6-18-9-15)11-17(13,8-14)16-19-12(2)20-27-16/h4-6,9,13-14,21H,3,7-8,10-11H2,1-2H3/t13?,14-,17+/m1/s1. The van der Waals surface area contributed by atoms with Crippen molar-refractivity contribution in [1.29, 1.82) is 0 Å². The Morgan fingerprint density at radius 1 is 1.34 bits per heavy atom. The molecule has 3 atom stereocenters. The van der Waals surface area contributed by atoms with Gasteiger partial charge in [-0.15, -0.1) is 0 Å². The van der Waals surface area contributed by atoms with E-state index < -0.39 is 25.5 Å². The van der Waals surface area contributed by atoms with Crippen molar-refractivity contribution in [3.8, 4) is 0 Å². The fraction of sp³-hybridized carbons (Fsp3) is 0.588. The molecule has 1 unspecified atom stereocenters. The predicted molar refractivity (Wildman–Crippen MR) is 103 cm³/mol. The van der Waals surface area contributed by atoms with Gasteiger partial charge in [-0.1, -0.05) is 5.16 Å². The van der Waals surface area contributed by atoms with E-state index in [0.717, 1.165) is 0 Å². The van der Waals surface area contributed by atoms with Crippen molar-refractivity contribution in [2.24, 2.45) is 5.92 Å². The van der Waals surface area contributed by atoms with Gasteiger partial charge in [-0.25, -0.2) is 21.6 Å². The van der Waals surface area contributed by atoms with E-state index in [1.165, 1.54) is 22.8 Å². The molecule has 0 amide bonds. The van der Waals surface area contributed by atoms with Crippen LogP contribution in [0.25, 0.3) is 0 Å². The van der Waals surface area contributed by atoms with E-state index in [2.05, 4.69) is 19.8 Å². The minimum absolute atomic E-state index is 0.0116. The van der Waals surface area contributed by atoms with Crippen molar-refractivity contribution < 1.29 is 21.4 Å². The molecule has 1 aliphatic carbocycles. The van der Waals surface area contributed by atoms with Gasteiger partial charge in [0.25, 0.3) is 0 Å². The van der Waals surface area contributed by atoms with Crippen molar-refractivity contribution in [3.63, 3.8) is 0 Å². The first-order chi connectivity index (χ1) is 13.7. The van der Waals surface area contributed by atoms with Crippen molar-refractivity contribution in [2.75, 3.05) is 18.8 Å². The van der Waals surface area contributed by atoms with Crippen molar-refractivity contribution in [3.05, 3.63) is 36.2 Å². The van der Waals surface area contributed by atoms with E-state index in [1.54, 1.807) is 19.9 Å². The van der Waals surface area contributed by atoms with Crippen molar-refractivity contribution in [1.82, 2.24) is 24.2 Å². The Bertz CT molecular complexity index is 1100. The highest BCUT2D eigenvalue weighted by Crippen LogP contribution is 2.51. The molecule has 0 spiro atoms. The predicted octanol–water partition coefficient (Wildman–Crippen LogP) is 0.433. The Kier molecular flexibility index (Phi) is 5.00. The Morgan fingerprint density at radius 3 is 2.76 bits per heavy atom. The van der Waals surface area contributed by atoms with Crippen LogP contribution in [0.4, 0.5) is 0 Å². The van der Waals surface area contributed by atoms with E-state index in [-0.39, 0.29) is 35.7 Å². The van der Waals surface area contributed by atoms with Gasteiger partial charge in [0, 0.05) is 31.5 Å². The van der Waals surface area contributed by atoms with Crippen LogP contribution in [-0.2, 0) is 25.5 Å². The fourth-order valence-corrected chi connectivity index (χ4v) is 6.79. The SMILES string of the molecule is CCS(=O)(=O)N[C@@H]1CC2CN(S(=O)(=O)c3cccnc3)C[C@@]2(c2nc(C)no2)C1. The second kappa shape index (κ2) is 7.11. The maximum Gasteiger partial charge on any atom is 0.244 e. The number of pyridine rings is 1. The van der Waals surface area contributed by atoms with Crippen LogP contribution in [0.3, 0.4) is 0 Å². The molecular weight excluding hydrogens is 418 g/mol. The van der Waals surface area contributed by atoms with Crippen LogP contribution in [0.5, 0.6) is 0 Å². The molecule has 1 saturated carbocycles. The summed E-state index contributed by atoms with van der Waals surface area (Å²) in [7, 11) is -7.11. The molecule has 158 valence electrons. The second-order valence-electron chi connectivity index (χ2n) is 7.64. The normalized spacial score (nSPS) is 27.9. The first-order valence-electron chi connectivity index (χ1n) is 9.37. The summed E-state index contributed by atoms with van der Waals surface area (Å²) in [6, 6.07) is 2.79. The Morgan fingerprint density at radius 2 is 2.14 bits per heavy atom. The summed E-state index contributed by atoms with van der Waals surface area (Å²) in [6.45, 7) is 3.69. The maximum atomic E-state index is 13.1. The van der Waals surface area contributed by atoms with Gasteiger partial charge in [0.15, 0.2) is 5.82 Å². The average molecular weight is 442 g/mol. The lowest BCUT2D eigenvalue weighted by Crippen LogP contribution is -2.39. The molecule has 2 aromatic heterocycles. The number of nitrogens with one attached hydrogen (secondary N) is 1. The van der Waals surface area contributed by atoms with Crippen molar-refractivity contribution >= 4 is 20.0 Å². The number of sulfonamides is 2. The number of hydrogen-bond donors (Lipinski definition) is 1. The van der Waals surface area contributed by atoms with Gasteiger partial charge in [-0.05, 0) is 44.7 Å². The third kappa shape index (κ3) is 3.58. The van der Waals surface area contributed by atoms with E-state index in [4.69, 9.17) is 4.52 Å². The molecule has 4 rings (SSSR count). The third-order valence-corrected chi connectivity index (χ3v) is 9.04. The molecule has 29 heavy (non-hydrogen) atoms. The van der Waals surface area contributed by atoms with Gasteiger partial charge in [0.1, 0.15) is 4.90 Å². The average Bonchev–Trinajstić information content (AvgIpc) is 3.35. The molecular formula is C17H23N5O5S2. The highest BCUT2D eigenvalue weighted by Gasteiger charge is 2.59.